The number of benzene rings is 1. The van der Waals surface area contributed by atoms with Crippen LogP contribution >= 0.6 is 0 Å². The summed E-state index contributed by atoms with van der Waals surface area (Å²) < 4.78 is 0. The van der Waals surface area contributed by atoms with Gasteiger partial charge in [0.2, 0.25) is 5.91 Å². The zero-order valence-corrected chi connectivity index (χ0v) is 13.0. The maximum Gasteiger partial charge on any atom is 0.220 e. The largest absolute Gasteiger partial charge is 0.399 e. The molecule has 1 aliphatic rings. The normalized spacial score (nSPS) is 16.8. The average Bonchev–Trinajstić information content (AvgIpc) is 2.97. The van der Waals surface area contributed by atoms with Crippen molar-refractivity contribution in [1.82, 2.24) is 10.2 Å². The molecule has 21 heavy (non-hydrogen) atoms. The van der Waals surface area contributed by atoms with Crippen LogP contribution in [0.15, 0.2) is 24.3 Å². The summed E-state index contributed by atoms with van der Waals surface area (Å²) in [6.45, 7) is 6.41. The molecule has 4 nitrogen and oxygen atoms in total. The fourth-order valence-corrected chi connectivity index (χ4v) is 2.83. The van der Waals surface area contributed by atoms with Gasteiger partial charge in [0, 0.05) is 18.7 Å². The Labute approximate surface area is 127 Å². The van der Waals surface area contributed by atoms with Crippen molar-refractivity contribution in [2.24, 2.45) is 0 Å². The molecule has 1 saturated heterocycles. The summed E-state index contributed by atoms with van der Waals surface area (Å²) in [5.74, 6) is 0.366. The second kappa shape index (κ2) is 8.03. The van der Waals surface area contributed by atoms with E-state index in [1.807, 2.05) is 24.3 Å². The Hall–Kier alpha value is -1.55. The Balaban J connectivity index is 1.63. The second-order valence-corrected chi connectivity index (χ2v) is 6.02. The first-order chi connectivity index (χ1) is 10.1. The highest BCUT2D eigenvalue weighted by Crippen LogP contribution is 2.19. The number of nitrogen functional groups attached to an aromatic ring is 1. The molecule has 0 aliphatic carbocycles. The Morgan fingerprint density at radius 1 is 1.29 bits per heavy atom. The molecule has 1 aliphatic heterocycles. The highest BCUT2D eigenvalue weighted by molar-refractivity contribution is 5.76. The maximum absolute atomic E-state index is 11.9. The van der Waals surface area contributed by atoms with Crippen LogP contribution in [0.25, 0.3) is 0 Å². The molecule has 2 rings (SSSR count). The molecule has 1 heterocycles. The van der Waals surface area contributed by atoms with Gasteiger partial charge in [-0.25, -0.2) is 0 Å². The number of hydrogen-bond acceptors (Lipinski definition) is 3. The highest BCUT2D eigenvalue weighted by Gasteiger charge is 2.12. The predicted molar refractivity (Wildman–Crippen MR) is 87.2 cm³/mol. The van der Waals surface area contributed by atoms with Gasteiger partial charge in [0.15, 0.2) is 0 Å². The van der Waals surface area contributed by atoms with Gasteiger partial charge in [-0.3, -0.25) is 4.79 Å². The summed E-state index contributed by atoms with van der Waals surface area (Å²) in [4.78, 5) is 14.4. The van der Waals surface area contributed by atoms with E-state index >= 15 is 0 Å². The lowest BCUT2D eigenvalue weighted by Crippen LogP contribution is -2.29. The molecule has 0 bridgehead atoms. The monoisotopic (exact) mass is 289 g/mol. The first kappa shape index (κ1) is 15.8. The van der Waals surface area contributed by atoms with Gasteiger partial charge in [-0.05, 0) is 62.5 Å². The van der Waals surface area contributed by atoms with E-state index in [-0.39, 0.29) is 11.8 Å². The van der Waals surface area contributed by atoms with Crippen molar-refractivity contribution in [2.75, 3.05) is 31.9 Å². The second-order valence-electron chi connectivity index (χ2n) is 6.02. The Morgan fingerprint density at radius 2 is 1.95 bits per heavy atom. The summed E-state index contributed by atoms with van der Waals surface area (Å²) in [6, 6.07) is 7.78. The minimum atomic E-state index is 0.140. The molecule has 0 spiro atoms. The van der Waals surface area contributed by atoms with Crippen molar-refractivity contribution in [1.29, 1.82) is 0 Å². The van der Waals surface area contributed by atoms with E-state index in [1.54, 1.807) is 0 Å². The fourth-order valence-electron chi connectivity index (χ4n) is 2.83. The molecule has 116 valence electrons. The number of nitrogens with one attached hydrogen (secondary N) is 1. The van der Waals surface area contributed by atoms with Crippen molar-refractivity contribution >= 4 is 11.6 Å². The van der Waals surface area contributed by atoms with Gasteiger partial charge in [-0.15, -0.1) is 0 Å². The minimum Gasteiger partial charge on any atom is -0.399 e. The van der Waals surface area contributed by atoms with Gasteiger partial charge in [0.25, 0.3) is 0 Å². The molecule has 1 aromatic rings. The lowest BCUT2D eigenvalue weighted by atomic mass is 9.97. The summed E-state index contributed by atoms with van der Waals surface area (Å²) in [7, 11) is 0. The number of amides is 1. The summed E-state index contributed by atoms with van der Waals surface area (Å²) in [5, 5.41) is 3.03. The van der Waals surface area contributed by atoms with E-state index in [2.05, 4.69) is 17.1 Å². The number of nitrogens with zero attached hydrogens (tertiary/aromatic N) is 1. The van der Waals surface area contributed by atoms with Gasteiger partial charge in [-0.1, -0.05) is 19.1 Å². The van der Waals surface area contributed by atoms with E-state index in [4.69, 9.17) is 5.73 Å². The topological polar surface area (TPSA) is 58.4 Å². The van der Waals surface area contributed by atoms with Crippen LogP contribution in [0.3, 0.4) is 0 Å². The Bertz CT molecular complexity index is 438. The van der Waals surface area contributed by atoms with Gasteiger partial charge >= 0.3 is 0 Å². The zero-order chi connectivity index (χ0) is 15.1. The van der Waals surface area contributed by atoms with E-state index in [9.17, 15) is 4.79 Å². The SMILES string of the molecule is CC(CC(=O)NCCCN1CCCC1)c1ccc(N)cc1. The fraction of sp³-hybridized carbons (Fsp3) is 0.588. The van der Waals surface area contributed by atoms with Crippen molar-refractivity contribution in [2.45, 2.75) is 38.5 Å². The van der Waals surface area contributed by atoms with Crippen LogP contribution in [0.2, 0.25) is 0 Å². The standard InChI is InChI=1S/C17H27N3O/c1-14(15-5-7-16(18)8-6-15)13-17(21)19-9-4-12-20-10-2-3-11-20/h5-8,14H,2-4,9-13,18H2,1H3,(H,19,21). The number of carbonyl (C=O) groups is 1. The van der Waals surface area contributed by atoms with Gasteiger partial charge in [0.05, 0.1) is 0 Å². The predicted octanol–water partition coefficient (Wildman–Crippen LogP) is 2.36. The lowest BCUT2D eigenvalue weighted by Gasteiger charge is -2.15. The summed E-state index contributed by atoms with van der Waals surface area (Å²) in [6.07, 6.45) is 4.23. The van der Waals surface area contributed by atoms with Crippen molar-refractivity contribution < 1.29 is 4.79 Å². The molecule has 0 radical (unpaired) electrons. The van der Waals surface area contributed by atoms with Crippen LogP contribution in [0.4, 0.5) is 5.69 Å². The van der Waals surface area contributed by atoms with E-state index in [0.717, 1.165) is 30.8 Å². The molecule has 1 aromatic carbocycles. The molecule has 1 atom stereocenters. The summed E-state index contributed by atoms with van der Waals surface area (Å²) in [5.41, 5.74) is 7.60. The molecule has 1 unspecified atom stereocenters. The minimum absolute atomic E-state index is 0.140. The number of hydrogen-bond donors (Lipinski definition) is 2. The van der Waals surface area contributed by atoms with Gasteiger partial charge < -0.3 is 16.0 Å². The Morgan fingerprint density at radius 3 is 2.62 bits per heavy atom. The molecule has 0 saturated carbocycles. The third-order valence-corrected chi connectivity index (χ3v) is 4.17. The van der Waals surface area contributed by atoms with E-state index in [1.165, 1.54) is 25.9 Å². The van der Waals surface area contributed by atoms with E-state index in [0.29, 0.717) is 6.42 Å². The van der Waals surface area contributed by atoms with Crippen LogP contribution in [0.5, 0.6) is 0 Å². The quantitative estimate of drug-likeness (QED) is 0.598. The first-order valence-electron chi connectivity index (χ1n) is 7.99. The van der Waals surface area contributed by atoms with Crippen LogP contribution in [0, 0.1) is 0 Å². The molecule has 1 fully saturated rings. The molecule has 4 heteroatoms. The maximum atomic E-state index is 11.9. The van der Waals surface area contributed by atoms with Gasteiger partial charge in [-0.2, -0.15) is 0 Å². The lowest BCUT2D eigenvalue weighted by molar-refractivity contribution is -0.121. The molecular formula is C17H27N3O. The number of carbonyl (C=O) groups excluding carboxylic acids is 1. The van der Waals surface area contributed by atoms with E-state index < -0.39 is 0 Å². The van der Waals surface area contributed by atoms with Crippen molar-refractivity contribution in [3.8, 4) is 0 Å². The highest BCUT2D eigenvalue weighted by atomic mass is 16.1. The van der Waals surface area contributed by atoms with Gasteiger partial charge in [0.1, 0.15) is 0 Å². The molecular weight excluding hydrogens is 262 g/mol. The third-order valence-electron chi connectivity index (χ3n) is 4.17. The van der Waals surface area contributed by atoms with Crippen molar-refractivity contribution in [3.63, 3.8) is 0 Å². The zero-order valence-electron chi connectivity index (χ0n) is 13.0. The summed E-state index contributed by atoms with van der Waals surface area (Å²) >= 11 is 0. The van der Waals surface area contributed by atoms with Crippen molar-refractivity contribution in [3.05, 3.63) is 29.8 Å². The van der Waals surface area contributed by atoms with Crippen LogP contribution in [0.1, 0.15) is 44.1 Å². The molecule has 1 amide bonds. The van der Waals surface area contributed by atoms with Crippen LogP contribution < -0.4 is 11.1 Å². The number of likely N-dealkylation sites (tertiary alicyclic amines) is 1. The number of nitrogens with two attached hydrogens (primary N) is 1. The third kappa shape index (κ3) is 5.38. The smallest absolute Gasteiger partial charge is 0.220 e. The molecule has 0 aromatic heterocycles. The van der Waals surface area contributed by atoms with Crippen LogP contribution in [-0.4, -0.2) is 37.0 Å². The molecule has 3 N–H and O–H groups in total. The average molecular weight is 289 g/mol. The number of anilines is 1. The van der Waals surface area contributed by atoms with Crippen LogP contribution in [-0.2, 0) is 4.79 Å². The number of rotatable bonds is 7. The Kier molecular flexibility index (Phi) is 6.05. The first-order valence-corrected chi connectivity index (χ1v) is 7.99.